The summed E-state index contributed by atoms with van der Waals surface area (Å²) in [4.78, 5) is 11.3. The van der Waals surface area contributed by atoms with E-state index in [2.05, 4.69) is 6.58 Å². The van der Waals surface area contributed by atoms with E-state index in [4.69, 9.17) is 0 Å². The van der Waals surface area contributed by atoms with Crippen LogP contribution in [0.15, 0.2) is 43.0 Å². The molecule has 0 unspecified atom stereocenters. The lowest BCUT2D eigenvalue weighted by molar-refractivity contribution is -0.140. The molecule has 0 saturated carbocycles. The first-order valence-corrected chi connectivity index (χ1v) is 4.90. The van der Waals surface area contributed by atoms with E-state index in [-0.39, 0.29) is 0 Å². The van der Waals surface area contributed by atoms with Crippen molar-refractivity contribution in [1.29, 1.82) is 0 Å². The minimum Gasteiger partial charge on any atom is -0.481 e. The van der Waals surface area contributed by atoms with Gasteiger partial charge in [0.2, 0.25) is 0 Å². The van der Waals surface area contributed by atoms with E-state index in [0.717, 1.165) is 5.56 Å². The third-order valence-corrected chi connectivity index (χ3v) is 2.65. The molecule has 0 amide bonds. The molecule has 1 N–H and O–H groups in total. The van der Waals surface area contributed by atoms with Gasteiger partial charge in [-0.2, -0.15) is 0 Å². The monoisotopic (exact) mass is 204 g/mol. The molecule has 2 heteroatoms. The summed E-state index contributed by atoms with van der Waals surface area (Å²) in [6.45, 7) is 7.46. The summed E-state index contributed by atoms with van der Waals surface area (Å²) in [5, 5.41) is 9.25. The van der Waals surface area contributed by atoms with Crippen molar-refractivity contribution in [1.82, 2.24) is 0 Å². The fraction of sp³-hybridized carbons (Fsp3) is 0.308. The number of allylic oxidation sites excluding steroid dienone is 1. The summed E-state index contributed by atoms with van der Waals surface area (Å²) in [6, 6.07) is 9.26. The van der Waals surface area contributed by atoms with Gasteiger partial charge in [-0.05, 0) is 11.0 Å². The summed E-state index contributed by atoms with van der Waals surface area (Å²) in [5.74, 6) is -1.36. The lowest BCUT2D eigenvalue weighted by Crippen LogP contribution is -2.27. The van der Waals surface area contributed by atoms with Crippen molar-refractivity contribution in [2.75, 3.05) is 0 Å². The number of hydrogen-bond acceptors (Lipinski definition) is 1. The molecule has 15 heavy (non-hydrogen) atoms. The molecule has 0 aliphatic heterocycles. The summed E-state index contributed by atoms with van der Waals surface area (Å²) in [7, 11) is 0. The fourth-order valence-electron chi connectivity index (χ4n) is 1.65. The van der Waals surface area contributed by atoms with Crippen molar-refractivity contribution in [2.24, 2.45) is 5.41 Å². The predicted molar refractivity (Wildman–Crippen MR) is 60.8 cm³/mol. The molecular formula is C13H16O2. The first-order valence-electron chi connectivity index (χ1n) is 4.90. The Bertz CT molecular complexity index is 352. The molecule has 1 atom stereocenters. The Hall–Kier alpha value is -1.57. The normalized spacial score (nSPS) is 13.2. The topological polar surface area (TPSA) is 37.3 Å². The van der Waals surface area contributed by atoms with Crippen LogP contribution in [0.25, 0.3) is 0 Å². The van der Waals surface area contributed by atoms with Gasteiger partial charge < -0.3 is 5.11 Å². The summed E-state index contributed by atoms with van der Waals surface area (Å²) in [5.41, 5.74) is 0.364. The van der Waals surface area contributed by atoms with Crippen LogP contribution >= 0.6 is 0 Å². The van der Waals surface area contributed by atoms with Crippen molar-refractivity contribution in [2.45, 2.75) is 19.8 Å². The Balaban J connectivity index is 3.15. The van der Waals surface area contributed by atoms with Gasteiger partial charge in [0.25, 0.3) is 0 Å². The standard InChI is InChI=1S/C13H16O2/c1-4-13(2,3)11(12(14)15)10-8-6-5-7-9-10/h4-9,11H,1H2,2-3H3,(H,14,15)/t11-/m0/s1. The molecule has 0 saturated heterocycles. The van der Waals surface area contributed by atoms with Crippen LogP contribution in [0.3, 0.4) is 0 Å². The Morgan fingerprint density at radius 2 is 1.93 bits per heavy atom. The average Bonchev–Trinajstić information content (AvgIpc) is 2.18. The molecule has 0 bridgehead atoms. The van der Waals surface area contributed by atoms with Gasteiger partial charge in [-0.15, -0.1) is 6.58 Å². The Kier molecular flexibility index (Phi) is 3.30. The summed E-state index contributed by atoms with van der Waals surface area (Å²) >= 11 is 0. The second-order valence-corrected chi connectivity index (χ2v) is 4.21. The molecule has 0 aromatic heterocycles. The molecule has 1 aromatic carbocycles. The van der Waals surface area contributed by atoms with E-state index in [1.807, 2.05) is 44.2 Å². The zero-order chi connectivity index (χ0) is 11.5. The lowest BCUT2D eigenvalue weighted by Gasteiger charge is -2.28. The minimum absolute atomic E-state index is 0.451. The molecular weight excluding hydrogens is 188 g/mol. The number of carboxylic acid groups (broad SMARTS) is 1. The Labute approximate surface area is 90.3 Å². The van der Waals surface area contributed by atoms with Gasteiger partial charge in [0.1, 0.15) is 0 Å². The molecule has 1 rings (SSSR count). The van der Waals surface area contributed by atoms with Gasteiger partial charge in [-0.25, -0.2) is 0 Å². The van der Waals surface area contributed by atoms with Crippen LogP contribution < -0.4 is 0 Å². The smallest absolute Gasteiger partial charge is 0.311 e. The number of carbonyl (C=O) groups is 1. The summed E-state index contributed by atoms with van der Waals surface area (Å²) < 4.78 is 0. The first kappa shape index (κ1) is 11.5. The Morgan fingerprint density at radius 3 is 2.33 bits per heavy atom. The maximum Gasteiger partial charge on any atom is 0.311 e. The second kappa shape index (κ2) is 4.30. The van der Waals surface area contributed by atoms with Crippen LogP contribution in [-0.4, -0.2) is 11.1 Å². The van der Waals surface area contributed by atoms with Crippen molar-refractivity contribution < 1.29 is 9.90 Å². The molecule has 1 aromatic rings. The van der Waals surface area contributed by atoms with Crippen LogP contribution in [0.4, 0.5) is 0 Å². The van der Waals surface area contributed by atoms with Gasteiger partial charge in [-0.3, -0.25) is 4.79 Å². The van der Waals surface area contributed by atoms with Gasteiger partial charge in [0, 0.05) is 0 Å². The van der Waals surface area contributed by atoms with Crippen LogP contribution in [0.1, 0.15) is 25.3 Å². The maximum absolute atomic E-state index is 11.3. The molecule has 80 valence electrons. The summed E-state index contributed by atoms with van der Waals surface area (Å²) in [6.07, 6.45) is 1.69. The first-order chi connectivity index (χ1) is 6.99. The number of carboxylic acids is 1. The molecule has 0 heterocycles. The van der Waals surface area contributed by atoms with Crippen molar-refractivity contribution >= 4 is 5.97 Å². The van der Waals surface area contributed by atoms with Gasteiger partial charge >= 0.3 is 5.97 Å². The zero-order valence-corrected chi connectivity index (χ0v) is 9.10. The van der Waals surface area contributed by atoms with Crippen molar-refractivity contribution in [3.8, 4) is 0 Å². The molecule has 0 aliphatic rings. The number of aliphatic carboxylic acids is 1. The van der Waals surface area contributed by atoms with Crippen LogP contribution in [0.5, 0.6) is 0 Å². The highest BCUT2D eigenvalue weighted by Gasteiger charge is 2.33. The van der Waals surface area contributed by atoms with E-state index >= 15 is 0 Å². The maximum atomic E-state index is 11.3. The molecule has 0 spiro atoms. The van der Waals surface area contributed by atoms with E-state index in [9.17, 15) is 9.90 Å². The number of rotatable bonds is 4. The molecule has 0 fully saturated rings. The third kappa shape index (κ3) is 2.46. The quantitative estimate of drug-likeness (QED) is 0.765. The van der Waals surface area contributed by atoms with E-state index < -0.39 is 17.3 Å². The molecule has 2 nitrogen and oxygen atoms in total. The minimum atomic E-state index is -0.814. The fourth-order valence-corrected chi connectivity index (χ4v) is 1.65. The van der Waals surface area contributed by atoms with Crippen LogP contribution in [0.2, 0.25) is 0 Å². The van der Waals surface area contributed by atoms with E-state index in [1.54, 1.807) is 6.08 Å². The molecule has 0 radical (unpaired) electrons. The largest absolute Gasteiger partial charge is 0.481 e. The third-order valence-electron chi connectivity index (χ3n) is 2.65. The molecule has 0 aliphatic carbocycles. The van der Waals surface area contributed by atoms with E-state index in [0.29, 0.717) is 0 Å². The highest BCUT2D eigenvalue weighted by molar-refractivity contribution is 5.77. The van der Waals surface area contributed by atoms with Gasteiger partial charge in [0.15, 0.2) is 0 Å². The van der Waals surface area contributed by atoms with Gasteiger partial charge in [0.05, 0.1) is 5.92 Å². The SMILES string of the molecule is C=CC(C)(C)[C@H](C(=O)O)c1ccccc1. The zero-order valence-electron chi connectivity index (χ0n) is 9.10. The second-order valence-electron chi connectivity index (χ2n) is 4.21. The lowest BCUT2D eigenvalue weighted by atomic mass is 9.75. The highest BCUT2D eigenvalue weighted by Crippen LogP contribution is 2.36. The van der Waals surface area contributed by atoms with Crippen LogP contribution in [-0.2, 0) is 4.79 Å². The van der Waals surface area contributed by atoms with Crippen LogP contribution in [0, 0.1) is 5.41 Å². The predicted octanol–water partition coefficient (Wildman–Crippen LogP) is 3.07. The van der Waals surface area contributed by atoms with E-state index in [1.165, 1.54) is 0 Å². The highest BCUT2D eigenvalue weighted by atomic mass is 16.4. The van der Waals surface area contributed by atoms with Crippen molar-refractivity contribution in [3.63, 3.8) is 0 Å². The number of hydrogen-bond donors (Lipinski definition) is 1. The van der Waals surface area contributed by atoms with Gasteiger partial charge in [-0.1, -0.05) is 50.3 Å². The van der Waals surface area contributed by atoms with Crippen molar-refractivity contribution in [3.05, 3.63) is 48.6 Å². The number of benzene rings is 1. The average molecular weight is 204 g/mol. The Morgan fingerprint density at radius 1 is 1.40 bits per heavy atom.